The molecule has 1 aliphatic rings. The SMILES string of the molecule is O=C1CNc2cc(C(=O)N[C@@H](c3ccc(C(F)(F)F)cc3)c3ncccc3F)ccc2O1. The van der Waals surface area contributed by atoms with Gasteiger partial charge in [-0.05, 0) is 48.0 Å². The van der Waals surface area contributed by atoms with Crippen molar-refractivity contribution < 1.29 is 31.9 Å². The van der Waals surface area contributed by atoms with Gasteiger partial charge in [-0.2, -0.15) is 13.2 Å². The van der Waals surface area contributed by atoms with Crippen LogP contribution in [0.25, 0.3) is 0 Å². The van der Waals surface area contributed by atoms with Crippen molar-refractivity contribution in [3.05, 3.63) is 89.0 Å². The third kappa shape index (κ3) is 4.39. The second kappa shape index (κ2) is 8.29. The number of benzene rings is 2. The molecule has 4 rings (SSSR count). The van der Waals surface area contributed by atoms with Crippen LogP contribution >= 0.6 is 0 Å². The van der Waals surface area contributed by atoms with Crippen molar-refractivity contribution in [2.24, 2.45) is 0 Å². The quantitative estimate of drug-likeness (QED) is 0.359. The van der Waals surface area contributed by atoms with Gasteiger partial charge in [-0.15, -0.1) is 0 Å². The maximum Gasteiger partial charge on any atom is 0.416 e. The zero-order valence-electron chi connectivity index (χ0n) is 16.2. The second-order valence-corrected chi connectivity index (χ2v) is 6.94. The van der Waals surface area contributed by atoms with E-state index in [1.807, 2.05) is 0 Å². The zero-order chi connectivity index (χ0) is 22.9. The smallest absolute Gasteiger partial charge is 0.416 e. The molecule has 3 aromatic rings. The van der Waals surface area contributed by atoms with E-state index in [0.29, 0.717) is 5.69 Å². The van der Waals surface area contributed by atoms with E-state index in [0.717, 1.165) is 30.3 Å². The van der Waals surface area contributed by atoms with Gasteiger partial charge in [-0.25, -0.2) is 9.18 Å². The van der Waals surface area contributed by atoms with Gasteiger partial charge in [0.25, 0.3) is 5.91 Å². The van der Waals surface area contributed by atoms with Gasteiger partial charge in [0, 0.05) is 11.8 Å². The Morgan fingerprint density at radius 3 is 2.56 bits per heavy atom. The minimum absolute atomic E-state index is 0.0641. The number of nitrogens with zero attached hydrogens (tertiary/aromatic N) is 1. The summed E-state index contributed by atoms with van der Waals surface area (Å²) in [5.41, 5.74) is -0.211. The summed E-state index contributed by atoms with van der Waals surface area (Å²) in [5.74, 6) is -1.56. The largest absolute Gasteiger partial charge is 0.423 e. The van der Waals surface area contributed by atoms with E-state index in [-0.39, 0.29) is 29.1 Å². The van der Waals surface area contributed by atoms with E-state index >= 15 is 0 Å². The first-order chi connectivity index (χ1) is 15.2. The minimum Gasteiger partial charge on any atom is -0.423 e. The van der Waals surface area contributed by atoms with Crippen molar-refractivity contribution in [2.45, 2.75) is 12.2 Å². The van der Waals surface area contributed by atoms with Gasteiger partial charge in [0.1, 0.15) is 18.1 Å². The highest BCUT2D eigenvalue weighted by Gasteiger charge is 2.31. The Morgan fingerprint density at radius 1 is 1.12 bits per heavy atom. The third-order valence-corrected chi connectivity index (χ3v) is 4.80. The summed E-state index contributed by atoms with van der Waals surface area (Å²) in [6, 6.07) is 9.69. The Kier molecular flexibility index (Phi) is 5.52. The first-order valence-electron chi connectivity index (χ1n) is 9.39. The van der Waals surface area contributed by atoms with E-state index in [4.69, 9.17) is 4.74 Å². The van der Waals surface area contributed by atoms with Gasteiger partial charge >= 0.3 is 12.1 Å². The Hall–Kier alpha value is -3.95. The van der Waals surface area contributed by atoms with Gasteiger partial charge < -0.3 is 15.4 Å². The van der Waals surface area contributed by atoms with Gasteiger partial charge in [0.2, 0.25) is 0 Å². The summed E-state index contributed by atoms with van der Waals surface area (Å²) >= 11 is 0. The Balaban J connectivity index is 1.66. The number of alkyl halides is 3. The topological polar surface area (TPSA) is 80.3 Å². The predicted octanol–water partition coefficient (Wildman–Crippen LogP) is 4.09. The lowest BCUT2D eigenvalue weighted by Crippen LogP contribution is -2.31. The van der Waals surface area contributed by atoms with Gasteiger partial charge in [-0.1, -0.05) is 12.1 Å². The highest BCUT2D eigenvalue weighted by molar-refractivity contribution is 5.97. The molecule has 32 heavy (non-hydrogen) atoms. The molecule has 164 valence electrons. The lowest BCUT2D eigenvalue weighted by molar-refractivity contribution is -0.137. The van der Waals surface area contributed by atoms with Crippen molar-refractivity contribution >= 4 is 17.6 Å². The number of hydrogen-bond donors (Lipinski definition) is 2. The fourth-order valence-electron chi connectivity index (χ4n) is 3.22. The Labute approximate surface area is 179 Å². The predicted molar refractivity (Wildman–Crippen MR) is 106 cm³/mol. The summed E-state index contributed by atoms with van der Waals surface area (Å²) in [6.45, 7) is -0.0641. The maximum absolute atomic E-state index is 14.5. The van der Waals surface area contributed by atoms with Crippen molar-refractivity contribution in [3.63, 3.8) is 0 Å². The molecule has 1 aromatic heterocycles. The number of carbonyl (C=O) groups excluding carboxylic acids is 2. The van der Waals surface area contributed by atoms with Crippen LogP contribution in [0.4, 0.5) is 23.2 Å². The Morgan fingerprint density at radius 2 is 1.88 bits per heavy atom. The first-order valence-corrected chi connectivity index (χ1v) is 9.39. The Bertz CT molecular complexity index is 1180. The van der Waals surface area contributed by atoms with Crippen LogP contribution in [0, 0.1) is 5.82 Å². The number of halogens is 4. The molecule has 0 radical (unpaired) electrons. The lowest BCUT2D eigenvalue weighted by atomic mass is 10.00. The molecule has 0 fully saturated rings. The van der Waals surface area contributed by atoms with Crippen LogP contribution in [-0.4, -0.2) is 23.4 Å². The van der Waals surface area contributed by atoms with Crippen molar-refractivity contribution in [1.29, 1.82) is 0 Å². The van der Waals surface area contributed by atoms with E-state index < -0.39 is 35.5 Å². The molecule has 2 aromatic carbocycles. The average Bonchev–Trinajstić information content (AvgIpc) is 2.77. The number of pyridine rings is 1. The first kappa shape index (κ1) is 21.3. The third-order valence-electron chi connectivity index (χ3n) is 4.80. The minimum atomic E-state index is -4.53. The van der Waals surface area contributed by atoms with E-state index in [9.17, 15) is 27.2 Å². The van der Waals surface area contributed by atoms with Crippen LogP contribution in [0.3, 0.4) is 0 Å². The maximum atomic E-state index is 14.5. The molecule has 1 amide bonds. The lowest BCUT2D eigenvalue weighted by Gasteiger charge is -2.21. The molecule has 1 aliphatic heterocycles. The number of rotatable bonds is 4. The molecule has 0 spiro atoms. The van der Waals surface area contributed by atoms with Crippen molar-refractivity contribution in [1.82, 2.24) is 10.3 Å². The van der Waals surface area contributed by atoms with Crippen LogP contribution in [0.1, 0.15) is 33.2 Å². The van der Waals surface area contributed by atoms with Gasteiger partial charge in [0.15, 0.2) is 5.75 Å². The highest BCUT2D eigenvalue weighted by atomic mass is 19.4. The number of esters is 1. The second-order valence-electron chi connectivity index (χ2n) is 6.94. The molecular formula is C22H15F4N3O3. The molecule has 0 aliphatic carbocycles. The van der Waals surface area contributed by atoms with Crippen molar-refractivity contribution in [2.75, 3.05) is 11.9 Å². The summed E-state index contributed by atoms with van der Waals surface area (Å²) in [4.78, 5) is 28.2. The number of anilines is 1. The molecule has 10 heteroatoms. The molecule has 2 N–H and O–H groups in total. The van der Waals surface area contributed by atoms with E-state index in [2.05, 4.69) is 15.6 Å². The number of ether oxygens (including phenoxy) is 1. The average molecular weight is 445 g/mol. The number of hydrogen-bond acceptors (Lipinski definition) is 5. The zero-order valence-corrected chi connectivity index (χ0v) is 16.2. The van der Waals surface area contributed by atoms with Crippen LogP contribution < -0.4 is 15.4 Å². The summed E-state index contributed by atoms with van der Waals surface area (Å²) < 4.78 is 58.3. The molecule has 2 heterocycles. The molecular weight excluding hydrogens is 430 g/mol. The van der Waals surface area contributed by atoms with E-state index in [1.54, 1.807) is 0 Å². The van der Waals surface area contributed by atoms with Gasteiger partial charge in [-0.3, -0.25) is 9.78 Å². The summed E-state index contributed by atoms with van der Waals surface area (Å²) in [6.07, 6.45) is -3.22. The van der Waals surface area contributed by atoms with Crippen LogP contribution in [0.15, 0.2) is 60.8 Å². The summed E-state index contributed by atoms with van der Waals surface area (Å²) in [7, 11) is 0. The number of fused-ring (bicyclic) bond motifs is 1. The normalized spacial score (nSPS) is 14.1. The van der Waals surface area contributed by atoms with E-state index in [1.165, 1.54) is 30.5 Å². The molecule has 0 bridgehead atoms. The van der Waals surface area contributed by atoms with Gasteiger partial charge in [0.05, 0.1) is 17.3 Å². The number of carbonyl (C=O) groups is 2. The standard InChI is InChI=1S/C22H15F4N3O3/c23-15-2-1-9-27-20(15)19(12-3-6-14(7-4-12)22(24,25)26)29-21(31)13-5-8-17-16(10-13)28-11-18(30)32-17/h1-10,19,28H,11H2,(H,29,31)/t19-/m0/s1. The van der Waals surface area contributed by atoms with Crippen molar-refractivity contribution in [3.8, 4) is 5.75 Å². The molecule has 0 unspecified atom stereocenters. The van der Waals surface area contributed by atoms with Crippen LogP contribution in [0.2, 0.25) is 0 Å². The fourth-order valence-corrected chi connectivity index (χ4v) is 3.22. The number of aromatic nitrogens is 1. The molecule has 1 atom stereocenters. The summed E-state index contributed by atoms with van der Waals surface area (Å²) in [5, 5.41) is 5.44. The molecule has 0 saturated heterocycles. The van der Waals surface area contributed by atoms with Crippen LogP contribution in [-0.2, 0) is 11.0 Å². The number of nitrogens with one attached hydrogen (secondary N) is 2. The molecule has 0 saturated carbocycles. The number of amides is 1. The molecule has 6 nitrogen and oxygen atoms in total. The van der Waals surface area contributed by atoms with Crippen LogP contribution in [0.5, 0.6) is 5.75 Å². The highest BCUT2D eigenvalue weighted by Crippen LogP contribution is 2.32. The monoisotopic (exact) mass is 445 g/mol. The fraction of sp³-hybridized carbons (Fsp3) is 0.136.